The molecule has 0 spiro atoms. The minimum Gasteiger partial charge on any atom is -0.465 e. The first-order valence-electron chi connectivity index (χ1n) is 4.64. The van der Waals surface area contributed by atoms with Crippen LogP contribution < -0.4 is 0 Å². The average molecular weight is 241 g/mol. The molecule has 0 unspecified atom stereocenters. The summed E-state index contributed by atoms with van der Waals surface area (Å²) in [5, 5.41) is 4.42. The van der Waals surface area contributed by atoms with Crippen LogP contribution in [-0.2, 0) is 16.6 Å². The molecule has 4 nitrogen and oxygen atoms in total. The highest BCUT2D eigenvalue weighted by Crippen LogP contribution is 2.26. The SMILES string of the molecule is C=C(Cl)c1nn(C)cc1/C(=C\C)C(=O)OC. The number of hydrogen-bond donors (Lipinski definition) is 0. The fourth-order valence-electron chi connectivity index (χ4n) is 1.38. The van der Waals surface area contributed by atoms with Crippen molar-refractivity contribution < 1.29 is 9.53 Å². The Kier molecular flexibility index (Phi) is 3.90. The number of aryl methyl sites for hydroxylation is 1. The summed E-state index contributed by atoms with van der Waals surface area (Å²) in [5.41, 5.74) is 1.53. The maximum absolute atomic E-state index is 11.5. The second-order valence-electron chi connectivity index (χ2n) is 3.16. The van der Waals surface area contributed by atoms with Crippen LogP contribution in [-0.4, -0.2) is 22.9 Å². The second kappa shape index (κ2) is 4.99. The van der Waals surface area contributed by atoms with Crippen molar-refractivity contribution in [3.8, 4) is 0 Å². The third kappa shape index (κ3) is 2.33. The summed E-state index contributed by atoms with van der Waals surface area (Å²) in [7, 11) is 3.08. The summed E-state index contributed by atoms with van der Waals surface area (Å²) in [6.07, 6.45) is 3.36. The van der Waals surface area contributed by atoms with Crippen LogP contribution in [0.5, 0.6) is 0 Å². The predicted octanol–water partition coefficient (Wildman–Crippen LogP) is 2.21. The molecule has 1 rings (SSSR count). The van der Waals surface area contributed by atoms with E-state index in [2.05, 4.69) is 16.4 Å². The van der Waals surface area contributed by atoms with E-state index >= 15 is 0 Å². The van der Waals surface area contributed by atoms with Gasteiger partial charge in [-0.15, -0.1) is 0 Å². The van der Waals surface area contributed by atoms with E-state index in [1.165, 1.54) is 7.11 Å². The van der Waals surface area contributed by atoms with E-state index in [1.54, 1.807) is 30.9 Å². The van der Waals surface area contributed by atoms with Gasteiger partial charge >= 0.3 is 5.97 Å². The molecular formula is C11H13ClN2O2. The molecule has 0 N–H and O–H groups in total. The lowest BCUT2D eigenvalue weighted by atomic mass is 10.1. The molecule has 0 aromatic carbocycles. The molecule has 86 valence electrons. The highest BCUT2D eigenvalue weighted by atomic mass is 35.5. The molecule has 5 heteroatoms. The van der Waals surface area contributed by atoms with Crippen molar-refractivity contribution >= 4 is 28.2 Å². The number of allylic oxidation sites excluding steroid dienone is 1. The molecule has 0 aliphatic heterocycles. The minimum atomic E-state index is -0.422. The van der Waals surface area contributed by atoms with Crippen molar-refractivity contribution in [2.24, 2.45) is 7.05 Å². The van der Waals surface area contributed by atoms with Crippen LogP contribution in [0.3, 0.4) is 0 Å². The van der Waals surface area contributed by atoms with E-state index in [1.807, 2.05) is 0 Å². The molecule has 0 fully saturated rings. The highest BCUT2D eigenvalue weighted by molar-refractivity contribution is 6.48. The molecule has 0 saturated carbocycles. The zero-order valence-electron chi connectivity index (χ0n) is 9.45. The van der Waals surface area contributed by atoms with Crippen molar-refractivity contribution in [3.63, 3.8) is 0 Å². The number of ether oxygens (including phenoxy) is 1. The third-order valence-corrected chi connectivity index (χ3v) is 2.25. The first-order valence-corrected chi connectivity index (χ1v) is 5.02. The van der Waals surface area contributed by atoms with Crippen molar-refractivity contribution in [2.75, 3.05) is 7.11 Å². The van der Waals surface area contributed by atoms with Crippen molar-refractivity contribution in [1.82, 2.24) is 9.78 Å². The number of halogens is 1. The number of esters is 1. The summed E-state index contributed by atoms with van der Waals surface area (Å²) in [6, 6.07) is 0. The molecule has 0 aliphatic carbocycles. The number of rotatable bonds is 3. The zero-order chi connectivity index (χ0) is 12.3. The van der Waals surface area contributed by atoms with E-state index in [0.29, 0.717) is 21.9 Å². The summed E-state index contributed by atoms with van der Waals surface area (Å²) in [5.74, 6) is -0.422. The molecule has 0 saturated heterocycles. The molecule has 0 atom stereocenters. The third-order valence-electron chi connectivity index (χ3n) is 2.07. The van der Waals surface area contributed by atoms with Crippen LogP contribution in [0.1, 0.15) is 18.2 Å². The van der Waals surface area contributed by atoms with Crippen molar-refractivity contribution in [3.05, 3.63) is 30.1 Å². The molecule has 0 amide bonds. The first-order chi connectivity index (χ1) is 7.51. The van der Waals surface area contributed by atoms with Crippen LogP contribution in [0.4, 0.5) is 0 Å². The largest absolute Gasteiger partial charge is 0.465 e. The van der Waals surface area contributed by atoms with Crippen LogP contribution in [0.15, 0.2) is 18.9 Å². The Balaban J connectivity index is 3.31. The number of nitrogens with zero attached hydrogens (tertiary/aromatic N) is 2. The molecule has 0 bridgehead atoms. The van der Waals surface area contributed by atoms with Crippen LogP contribution in [0, 0.1) is 0 Å². The normalized spacial score (nSPS) is 11.4. The minimum absolute atomic E-state index is 0.291. The standard InChI is InChI=1S/C11H13ClN2O2/c1-5-8(11(15)16-4)9-6-14(3)13-10(9)7(2)12/h5-6H,2H2,1,3-4H3/b8-5+. The maximum Gasteiger partial charge on any atom is 0.338 e. The fourth-order valence-corrected chi connectivity index (χ4v) is 1.52. The van der Waals surface area contributed by atoms with Gasteiger partial charge in [0.15, 0.2) is 0 Å². The molecular weight excluding hydrogens is 228 g/mol. The number of aromatic nitrogens is 2. The summed E-state index contributed by atoms with van der Waals surface area (Å²) >= 11 is 5.82. The Morgan fingerprint density at radius 3 is 2.75 bits per heavy atom. The highest BCUT2D eigenvalue weighted by Gasteiger charge is 2.19. The Labute approximate surface area is 99.2 Å². The van der Waals surface area contributed by atoms with Gasteiger partial charge in [-0.3, -0.25) is 4.68 Å². The average Bonchev–Trinajstić information content (AvgIpc) is 2.61. The van der Waals surface area contributed by atoms with E-state index in [4.69, 9.17) is 11.6 Å². The van der Waals surface area contributed by atoms with Gasteiger partial charge in [-0.1, -0.05) is 24.3 Å². The van der Waals surface area contributed by atoms with Crippen molar-refractivity contribution in [2.45, 2.75) is 6.92 Å². The molecule has 0 aliphatic rings. The van der Waals surface area contributed by atoms with E-state index in [-0.39, 0.29) is 0 Å². The van der Waals surface area contributed by atoms with Gasteiger partial charge in [0.1, 0.15) is 5.69 Å². The lowest BCUT2D eigenvalue weighted by molar-refractivity contribution is -0.133. The molecule has 1 aromatic heterocycles. The number of carbonyl (C=O) groups is 1. The molecule has 16 heavy (non-hydrogen) atoms. The smallest absolute Gasteiger partial charge is 0.338 e. The monoisotopic (exact) mass is 240 g/mol. The molecule has 0 radical (unpaired) electrons. The topological polar surface area (TPSA) is 44.1 Å². The van der Waals surface area contributed by atoms with E-state index in [9.17, 15) is 4.79 Å². The van der Waals surface area contributed by atoms with Crippen LogP contribution >= 0.6 is 11.6 Å². The van der Waals surface area contributed by atoms with Gasteiger partial charge in [0.25, 0.3) is 0 Å². The van der Waals surface area contributed by atoms with E-state index < -0.39 is 5.97 Å². The van der Waals surface area contributed by atoms with Gasteiger partial charge in [-0.25, -0.2) is 4.79 Å². The Morgan fingerprint density at radius 1 is 1.69 bits per heavy atom. The van der Waals surface area contributed by atoms with Gasteiger partial charge < -0.3 is 4.74 Å². The lowest BCUT2D eigenvalue weighted by Gasteiger charge is -2.03. The lowest BCUT2D eigenvalue weighted by Crippen LogP contribution is -2.04. The van der Waals surface area contributed by atoms with Gasteiger partial charge in [0.2, 0.25) is 0 Å². The second-order valence-corrected chi connectivity index (χ2v) is 3.62. The fraction of sp³-hybridized carbons (Fsp3) is 0.273. The maximum atomic E-state index is 11.5. The van der Waals surface area contributed by atoms with Crippen molar-refractivity contribution in [1.29, 1.82) is 0 Å². The van der Waals surface area contributed by atoms with Gasteiger partial charge in [-0.2, -0.15) is 5.10 Å². The summed E-state index contributed by atoms with van der Waals surface area (Å²) in [6.45, 7) is 5.36. The molecule has 1 aromatic rings. The molecule has 1 heterocycles. The van der Waals surface area contributed by atoms with Gasteiger partial charge in [-0.05, 0) is 6.92 Å². The Bertz CT molecular complexity index is 461. The van der Waals surface area contributed by atoms with E-state index in [0.717, 1.165) is 0 Å². The first kappa shape index (κ1) is 12.5. The summed E-state index contributed by atoms with van der Waals surface area (Å²) in [4.78, 5) is 11.5. The Morgan fingerprint density at radius 2 is 2.31 bits per heavy atom. The quantitative estimate of drug-likeness (QED) is 0.601. The van der Waals surface area contributed by atoms with Crippen LogP contribution in [0.25, 0.3) is 10.6 Å². The number of carbonyl (C=O) groups excluding carboxylic acids is 1. The van der Waals surface area contributed by atoms with Gasteiger partial charge in [0, 0.05) is 18.8 Å². The Hall–Kier alpha value is -1.55. The predicted molar refractivity (Wildman–Crippen MR) is 63.8 cm³/mol. The number of methoxy groups -OCH3 is 1. The van der Waals surface area contributed by atoms with Crippen LogP contribution in [0.2, 0.25) is 0 Å². The van der Waals surface area contributed by atoms with Gasteiger partial charge in [0.05, 0.1) is 17.7 Å². The number of hydrogen-bond acceptors (Lipinski definition) is 3. The summed E-state index contributed by atoms with van der Waals surface area (Å²) < 4.78 is 6.26. The zero-order valence-corrected chi connectivity index (χ0v) is 10.2.